The van der Waals surface area contributed by atoms with Crippen LogP contribution in [0.15, 0.2) is 27.4 Å². The Hall–Kier alpha value is -3.56. The summed E-state index contributed by atoms with van der Waals surface area (Å²) in [5.74, 6) is -1.45. The van der Waals surface area contributed by atoms with Crippen molar-refractivity contribution in [3.05, 3.63) is 39.7 Å². The molecule has 10 heteroatoms. The Balaban J connectivity index is 2.03. The number of amides is 3. The number of nitrogens with two attached hydrogens (primary N) is 1. The minimum atomic E-state index is -1.19. The first-order valence-electron chi connectivity index (χ1n) is 9.97. The highest BCUT2D eigenvalue weighted by Gasteiger charge is 2.20. The van der Waals surface area contributed by atoms with E-state index < -0.39 is 36.2 Å². The number of hydrogen-bond acceptors (Lipinski definition) is 6. The number of carboxylic acid groups (broad SMARTS) is 1. The predicted octanol–water partition coefficient (Wildman–Crippen LogP) is 1.45. The van der Waals surface area contributed by atoms with Gasteiger partial charge >= 0.3 is 17.6 Å². The second-order valence-corrected chi connectivity index (χ2v) is 7.09. The van der Waals surface area contributed by atoms with Crippen LogP contribution in [0.1, 0.15) is 37.3 Å². The van der Waals surface area contributed by atoms with E-state index in [1.807, 2.05) is 6.92 Å². The average molecular weight is 433 g/mol. The number of hydrogen-bond donors (Lipinski definition) is 4. The monoisotopic (exact) mass is 433 g/mol. The molecule has 0 radical (unpaired) electrons. The molecule has 1 atom stereocenters. The molecule has 0 saturated heterocycles. The number of primary amides is 1. The molecule has 168 valence electrons. The van der Waals surface area contributed by atoms with E-state index in [1.54, 1.807) is 19.1 Å². The van der Waals surface area contributed by atoms with Crippen LogP contribution in [-0.2, 0) is 16.0 Å². The molecule has 1 aromatic heterocycles. The summed E-state index contributed by atoms with van der Waals surface area (Å²) >= 11 is 0. The topological polar surface area (TPSA) is 161 Å². The van der Waals surface area contributed by atoms with Crippen LogP contribution in [-0.4, -0.2) is 42.2 Å². The van der Waals surface area contributed by atoms with Crippen molar-refractivity contribution >= 4 is 28.9 Å². The van der Waals surface area contributed by atoms with Gasteiger partial charge in [-0.1, -0.05) is 13.3 Å². The van der Waals surface area contributed by atoms with Gasteiger partial charge in [-0.2, -0.15) is 0 Å². The molecule has 0 aliphatic carbocycles. The van der Waals surface area contributed by atoms with Crippen LogP contribution in [0, 0.1) is 6.92 Å². The van der Waals surface area contributed by atoms with Crippen LogP contribution in [0.3, 0.4) is 0 Å². The molecule has 1 unspecified atom stereocenters. The molecule has 3 amide bonds. The van der Waals surface area contributed by atoms with Crippen molar-refractivity contribution < 1.29 is 28.6 Å². The summed E-state index contributed by atoms with van der Waals surface area (Å²) in [6.45, 7) is 3.53. The summed E-state index contributed by atoms with van der Waals surface area (Å²) in [5, 5.41) is 14.8. The van der Waals surface area contributed by atoms with Crippen LogP contribution >= 0.6 is 0 Å². The van der Waals surface area contributed by atoms with E-state index in [0.717, 1.165) is 23.8 Å². The van der Waals surface area contributed by atoms with E-state index in [-0.39, 0.29) is 13.0 Å². The zero-order valence-corrected chi connectivity index (χ0v) is 17.5. The first-order valence-corrected chi connectivity index (χ1v) is 9.97. The molecule has 1 heterocycles. The highest BCUT2D eigenvalue weighted by molar-refractivity contribution is 5.86. The fourth-order valence-electron chi connectivity index (χ4n) is 3.20. The number of nitrogens with one attached hydrogen (secondary N) is 2. The number of aryl methyl sites for hydroxylation is 2. The normalized spacial score (nSPS) is 11.7. The first kappa shape index (κ1) is 23.7. The summed E-state index contributed by atoms with van der Waals surface area (Å²) in [4.78, 5) is 46.0. The summed E-state index contributed by atoms with van der Waals surface area (Å²) < 4.78 is 10.9. The van der Waals surface area contributed by atoms with Crippen LogP contribution < -0.4 is 26.7 Å². The van der Waals surface area contributed by atoms with Gasteiger partial charge in [0.25, 0.3) is 5.91 Å². The number of aliphatic carboxylic acids is 1. The number of rotatable bonds is 11. The van der Waals surface area contributed by atoms with Gasteiger partial charge in [-0.15, -0.1) is 0 Å². The van der Waals surface area contributed by atoms with Crippen molar-refractivity contribution in [3.63, 3.8) is 0 Å². The SMILES string of the molecule is CCCc1cc(=O)oc2c(C)c(OCC(=O)NC(CCCNC(N)=O)C(=O)O)ccc12. The maximum Gasteiger partial charge on any atom is 0.336 e. The summed E-state index contributed by atoms with van der Waals surface area (Å²) in [6.07, 6.45) is 2.04. The standard InChI is InChI=1S/C21H27N3O7/c1-3-5-13-10-18(26)31-19-12(2)16(8-7-14(13)19)30-11-17(25)24-15(20(27)28)6-4-9-23-21(22)29/h7-8,10,15H,3-6,9,11H2,1-2H3,(H,24,25)(H,27,28)(H3,22,23,29). The van der Waals surface area contributed by atoms with Gasteiger partial charge in [0.05, 0.1) is 0 Å². The maximum absolute atomic E-state index is 12.2. The second-order valence-electron chi connectivity index (χ2n) is 7.09. The highest BCUT2D eigenvalue weighted by atomic mass is 16.5. The lowest BCUT2D eigenvalue weighted by Gasteiger charge is -2.16. The van der Waals surface area contributed by atoms with E-state index in [9.17, 15) is 24.3 Å². The molecular formula is C21H27N3O7. The molecule has 0 fully saturated rings. The van der Waals surface area contributed by atoms with E-state index in [1.165, 1.54) is 6.07 Å². The number of carboxylic acids is 1. The van der Waals surface area contributed by atoms with Gasteiger partial charge in [0.2, 0.25) is 0 Å². The van der Waals surface area contributed by atoms with Crippen LogP contribution in [0.25, 0.3) is 11.0 Å². The van der Waals surface area contributed by atoms with E-state index >= 15 is 0 Å². The lowest BCUT2D eigenvalue weighted by Crippen LogP contribution is -2.43. The Bertz CT molecular complexity index is 1020. The Kier molecular flexibility index (Phi) is 8.42. The summed E-state index contributed by atoms with van der Waals surface area (Å²) in [5.41, 5.74) is 6.36. The molecule has 0 bridgehead atoms. The smallest absolute Gasteiger partial charge is 0.336 e. The fraction of sp³-hybridized carbons (Fsp3) is 0.429. The molecule has 0 saturated carbocycles. The molecule has 1 aromatic carbocycles. The molecule has 10 nitrogen and oxygen atoms in total. The number of carbonyl (C=O) groups is 3. The largest absolute Gasteiger partial charge is 0.483 e. The van der Waals surface area contributed by atoms with Crippen LogP contribution in [0.5, 0.6) is 5.75 Å². The van der Waals surface area contributed by atoms with Gasteiger partial charge in [0.1, 0.15) is 17.4 Å². The predicted molar refractivity (Wildman–Crippen MR) is 113 cm³/mol. The fourth-order valence-corrected chi connectivity index (χ4v) is 3.20. The Morgan fingerprint density at radius 3 is 2.68 bits per heavy atom. The second kappa shape index (κ2) is 11.0. The lowest BCUT2D eigenvalue weighted by molar-refractivity contribution is -0.142. The number of ether oxygens (including phenoxy) is 1. The molecule has 31 heavy (non-hydrogen) atoms. The van der Waals surface area contributed by atoms with Crippen molar-refractivity contribution in [1.82, 2.24) is 10.6 Å². The number of benzene rings is 1. The zero-order valence-electron chi connectivity index (χ0n) is 17.5. The molecule has 0 aliphatic rings. The van der Waals surface area contributed by atoms with Gasteiger partial charge in [0, 0.05) is 23.6 Å². The van der Waals surface area contributed by atoms with Crippen LogP contribution in [0.2, 0.25) is 0 Å². The number of urea groups is 1. The summed E-state index contributed by atoms with van der Waals surface area (Å²) in [6, 6.07) is 3.11. The zero-order chi connectivity index (χ0) is 23.0. The van der Waals surface area contributed by atoms with Crippen molar-refractivity contribution in [1.29, 1.82) is 0 Å². The highest BCUT2D eigenvalue weighted by Crippen LogP contribution is 2.28. The summed E-state index contributed by atoms with van der Waals surface area (Å²) in [7, 11) is 0. The lowest BCUT2D eigenvalue weighted by atomic mass is 10.0. The Labute approximate surface area is 178 Å². The molecular weight excluding hydrogens is 406 g/mol. The Morgan fingerprint density at radius 2 is 2.03 bits per heavy atom. The third-order valence-corrected chi connectivity index (χ3v) is 4.68. The maximum atomic E-state index is 12.2. The minimum Gasteiger partial charge on any atom is -0.483 e. The van der Waals surface area contributed by atoms with Gasteiger partial charge in [-0.05, 0) is 43.9 Å². The molecule has 0 spiro atoms. The van der Waals surface area contributed by atoms with Gasteiger partial charge in [0.15, 0.2) is 6.61 Å². The third kappa shape index (κ3) is 6.73. The van der Waals surface area contributed by atoms with Crippen molar-refractivity contribution in [2.75, 3.05) is 13.2 Å². The number of fused-ring (bicyclic) bond motifs is 1. The van der Waals surface area contributed by atoms with Crippen molar-refractivity contribution in [2.45, 2.75) is 45.6 Å². The van der Waals surface area contributed by atoms with E-state index in [0.29, 0.717) is 23.3 Å². The minimum absolute atomic E-state index is 0.113. The first-order chi connectivity index (χ1) is 14.7. The van der Waals surface area contributed by atoms with Crippen molar-refractivity contribution in [3.8, 4) is 5.75 Å². The van der Waals surface area contributed by atoms with Gasteiger partial charge in [-0.25, -0.2) is 14.4 Å². The molecule has 2 aromatic rings. The Morgan fingerprint density at radius 1 is 1.29 bits per heavy atom. The van der Waals surface area contributed by atoms with E-state index in [2.05, 4.69) is 10.6 Å². The quantitative estimate of drug-likeness (QED) is 0.308. The molecule has 0 aliphatic heterocycles. The average Bonchev–Trinajstić information content (AvgIpc) is 2.70. The number of carbonyl (C=O) groups excluding carboxylic acids is 2. The van der Waals surface area contributed by atoms with Crippen molar-refractivity contribution in [2.24, 2.45) is 5.73 Å². The third-order valence-electron chi connectivity index (χ3n) is 4.68. The van der Waals surface area contributed by atoms with Gasteiger partial charge < -0.3 is 30.6 Å². The molecule has 2 rings (SSSR count). The van der Waals surface area contributed by atoms with Gasteiger partial charge in [-0.3, -0.25) is 4.79 Å². The van der Waals surface area contributed by atoms with Crippen LogP contribution in [0.4, 0.5) is 4.79 Å². The van der Waals surface area contributed by atoms with E-state index in [4.69, 9.17) is 14.9 Å². The molecule has 5 N–H and O–H groups in total.